The van der Waals surface area contributed by atoms with Gasteiger partial charge in [0.2, 0.25) is 10.0 Å². The maximum Gasteiger partial charge on any atom is 0.255 e. The standard InChI is InChI=1S/C17H20N2O4S/c1-3-12-23-16-7-5-4-6-15(16)19-17(20)13-8-10-14(11-9-13)24(21,22)18-2/h4-11,18H,3,12H2,1-2H3,(H,19,20). The van der Waals surface area contributed by atoms with E-state index >= 15 is 0 Å². The van der Waals surface area contributed by atoms with Crippen LogP contribution in [0.4, 0.5) is 5.69 Å². The van der Waals surface area contributed by atoms with Crippen LogP contribution in [0.25, 0.3) is 0 Å². The Labute approximate surface area is 141 Å². The zero-order valence-electron chi connectivity index (χ0n) is 13.6. The molecule has 0 aliphatic carbocycles. The van der Waals surface area contributed by atoms with Crippen LogP contribution in [0.2, 0.25) is 0 Å². The van der Waals surface area contributed by atoms with E-state index in [2.05, 4.69) is 10.0 Å². The van der Waals surface area contributed by atoms with Gasteiger partial charge in [0.15, 0.2) is 0 Å². The van der Waals surface area contributed by atoms with Crippen molar-refractivity contribution >= 4 is 21.6 Å². The highest BCUT2D eigenvalue weighted by Crippen LogP contribution is 2.24. The second-order valence-corrected chi connectivity index (χ2v) is 6.92. The second kappa shape index (κ2) is 7.94. The number of sulfonamides is 1. The lowest BCUT2D eigenvalue weighted by Gasteiger charge is -2.12. The van der Waals surface area contributed by atoms with Gasteiger partial charge in [-0.05, 0) is 49.9 Å². The molecule has 2 aromatic carbocycles. The van der Waals surface area contributed by atoms with E-state index in [0.717, 1.165) is 6.42 Å². The van der Waals surface area contributed by atoms with Crippen LogP contribution in [0.5, 0.6) is 5.75 Å². The third-order valence-corrected chi connectivity index (χ3v) is 4.72. The largest absolute Gasteiger partial charge is 0.491 e. The number of hydrogen-bond acceptors (Lipinski definition) is 4. The number of hydrogen-bond donors (Lipinski definition) is 2. The van der Waals surface area contributed by atoms with E-state index in [1.807, 2.05) is 13.0 Å². The summed E-state index contributed by atoms with van der Waals surface area (Å²) in [6, 6.07) is 12.9. The highest BCUT2D eigenvalue weighted by atomic mass is 32.2. The molecular formula is C17H20N2O4S. The highest BCUT2D eigenvalue weighted by molar-refractivity contribution is 7.89. The molecule has 0 aromatic heterocycles. The first kappa shape index (κ1) is 18.0. The Hall–Kier alpha value is -2.38. The third kappa shape index (κ3) is 4.33. The molecule has 0 radical (unpaired) electrons. The van der Waals surface area contributed by atoms with Gasteiger partial charge in [0.05, 0.1) is 17.2 Å². The van der Waals surface area contributed by atoms with Gasteiger partial charge in [0.25, 0.3) is 5.91 Å². The summed E-state index contributed by atoms with van der Waals surface area (Å²) in [4.78, 5) is 12.4. The summed E-state index contributed by atoms with van der Waals surface area (Å²) in [6.07, 6.45) is 0.865. The van der Waals surface area contributed by atoms with Gasteiger partial charge in [-0.1, -0.05) is 19.1 Å². The molecule has 24 heavy (non-hydrogen) atoms. The van der Waals surface area contributed by atoms with Crippen molar-refractivity contribution in [2.45, 2.75) is 18.2 Å². The fourth-order valence-electron chi connectivity index (χ4n) is 2.01. The average molecular weight is 348 g/mol. The molecule has 2 aromatic rings. The Kier molecular flexibility index (Phi) is 5.94. The van der Waals surface area contributed by atoms with E-state index in [-0.39, 0.29) is 10.8 Å². The van der Waals surface area contributed by atoms with Gasteiger partial charge in [-0.15, -0.1) is 0 Å². The monoisotopic (exact) mass is 348 g/mol. The van der Waals surface area contributed by atoms with E-state index in [1.54, 1.807) is 18.2 Å². The van der Waals surface area contributed by atoms with Crippen LogP contribution >= 0.6 is 0 Å². The van der Waals surface area contributed by atoms with Crippen molar-refractivity contribution in [3.8, 4) is 5.75 Å². The summed E-state index contributed by atoms with van der Waals surface area (Å²) in [6.45, 7) is 2.56. The summed E-state index contributed by atoms with van der Waals surface area (Å²) >= 11 is 0. The number of carbonyl (C=O) groups excluding carboxylic acids is 1. The average Bonchev–Trinajstić information content (AvgIpc) is 2.61. The van der Waals surface area contributed by atoms with Gasteiger partial charge in [-0.2, -0.15) is 0 Å². The van der Waals surface area contributed by atoms with E-state index in [1.165, 1.54) is 31.3 Å². The predicted molar refractivity (Wildman–Crippen MR) is 92.9 cm³/mol. The predicted octanol–water partition coefficient (Wildman–Crippen LogP) is 2.64. The van der Waals surface area contributed by atoms with Crippen LogP contribution < -0.4 is 14.8 Å². The Morgan fingerprint density at radius 3 is 2.38 bits per heavy atom. The SMILES string of the molecule is CCCOc1ccccc1NC(=O)c1ccc(S(=O)(=O)NC)cc1. The van der Waals surface area contributed by atoms with Crippen molar-refractivity contribution in [2.24, 2.45) is 0 Å². The van der Waals surface area contributed by atoms with E-state index in [9.17, 15) is 13.2 Å². The Balaban J connectivity index is 2.16. The minimum atomic E-state index is -3.52. The molecule has 128 valence electrons. The van der Waals surface area contributed by atoms with E-state index in [0.29, 0.717) is 23.6 Å². The number of carbonyl (C=O) groups is 1. The van der Waals surface area contributed by atoms with Gasteiger partial charge in [-0.25, -0.2) is 13.1 Å². The van der Waals surface area contributed by atoms with Crippen molar-refractivity contribution in [3.63, 3.8) is 0 Å². The number of benzene rings is 2. The number of ether oxygens (including phenoxy) is 1. The molecule has 0 unspecified atom stereocenters. The molecule has 0 aliphatic rings. The van der Waals surface area contributed by atoms with Crippen LogP contribution in [-0.4, -0.2) is 28.0 Å². The van der Waals surface area contributed by atoms with Crippen molar-refractivity contribution in [3.05, 3.63) is 54.1 Å². The minimum Gasteiger partial charge on any atom is -0.491 e. The summed E-state index contributed by atoms with van der Waals surface area (Å²) in [5.41, 5.74) is 0.929. The Bertz CT molecular complexity index is 802. The number of anilines is 1. The van der Waals surface area contributed by atoms with Crippen LogP contribution in [0.15, 0.2) is 53.4 Å². The van der Waals surface area contributed by atoms with Gasteiger partial charge in [0, 0.05) is 5.56 Å². The van der Waals surface area contributed by atoms with Gasteiger partial charge in [0.1, 0.15) is 5.75 Å². The van der Waals surface area contributed by atoms with E-state index < -0.39 is 10.0 Å². The molecule has 0 bridgehead atoms. The van der Waals surface area contributed by atoms with Crippen LogP contribution in [0.1, 0.15) is 23.7 Å². The lowest BCUT2D eigenvalue weighted by Crippen LogP contribution is -2.19. The van der Waals surface area contributed by atoms with Crippen molar-refractivity contribution in [2.75, 3.05) is 19.0 Å². The molecular weight excluding hydrogens is 328 g/mol. The maximum atomic E-state index is 12.3. The Morgan fingerprint density at radius 2 is 1.75 bits per heavy atom. The number of nitrogens with one attached hydrogen (secondary N) is 2. The van der Waals surface area contributed by atoms with Crippen LogP contribution in [-0.2, 0) is 10.0 Å². The fraction of sp³-hybridized carbons (Fsp3) is 0.235. The molecule has 2 rings (SSSR count). The Morgan fingerprint density at radius 1 is 1.08 bits per heavy atom. The second-order valence-electron chi connectivity index (χ2n) is 5.03. The van der Waals surface area contributed by atoms with Crippen LogP contribution in [0, 0.1) is 0 Å². The minimum absolute atomic E-state index is 0.105. The molecule has 0 atom stereocenters. The molecule has 1 amide bonds. The quantitative estimate of drug-likeness (QED) is 0.805. The number of para-hydroxylation sites is 2. The summed E-state index contributed by atoms with van der Waals surface area (Å²) < 4.78 is 31.2. The third-order valence-electron chi connectivity index (χ3n) is 3.29. The lowest BCUT2D eigenvalue weighted by atomic mass is 10.2. The van der Waals surface area contributed by atoms with Gasteiger partial charge in [-0.3, -0.25) is 4.79 Å². The molecule has 0 saturated heterocycles. The molecule has 7 heteroatoms. The normalized spacial score (nSPS) is 11.1. The van der Waals surface area contributed by atoms with Crippen molar-refractivity contribution in [1.82, 2.24) is 4.72 Å². The molecule has 0 heterocycles. The van der Waals surface area contributed by atoms with Crippen LogP contribution in [0.3, 0.4) is 0 Å². The number of rotatable bonds is 7. The van der Waals surface area contributed by atoms with Gasteiger partial charge >= 0.3 is 0 Å². The first-order valence-electron chi connectivity index (χ1n) is 7.54. The fourth-order valence-corrected chi connectivity index (χ4v) is 2.74. The summed E-state index contributed by atoms with van der Waals surface area (Å²) in [5.74, 6) is 0.262. The zero-order valence-corrected chi connectivity index (χ0v) is 14.4. The summed E-state index contributed by atoms with van der Waals surface area (Å²) in [7, 11) is -2.18. The first-order chi connectivity index (χ1) is 11.5. The van der Waals surface area contributed by atoms with E-state index in [4.69, 9.17) is 4.74 Å². The number of amides is 1. The highest BCUT2D eigenvalue weighted by Gasteiger charge is 2.13. The smallest absolute Gasteiger partial charge is 0.255 e. The zero-order chi connectivity index (χ0) is 17.6. The molecule has 2 N–H and O–H groups in total. The molecule has 0 saturated carbocycles. The molecule has 0 fully saturated rings. The topological polar surface area (TPSA) is 84.5 Å². The molecule has 0 spiro atoms. The van der Waals surface area contributed by atoms with Crippen molar-refractivity contribution < 1.29 is 17.9 Å². The molecule has 0 aliphatic heterocycles. The summed E-state index contributed by atoms with van der Waals surface area (Å²) in [5, 5.41) is 2.78. The van der Waals surface area contributed by atoms with Crippen molar-refractivity contribution in [1.29, 1.82) is 0 Å². The first-order valence-corrected chi connectivity index (χ1v) is 9.03. The molecule has 6 nitrogen and oxygen atoms in total. The maximum absolute atomic E-state index is 12.3. The van der Waals surface area contributed by atoms with Gasteiger partial charge < -0.3 is 10.1 Å². The lowest BCUT2D eigenvalue weighted by molar-refractivity contribution is 0.102.